The van der Waals surface area contributed by atoms with Gasteiger partial charge in [-0.15, -0.1) is 0 Å². The Kier molecular flexibility index (Phi) is 9.72. The second kappa shape index (κ2) is 11.5. The lowest BCUT2D eigenvalue weighted by Gasteiger charge is -1.97. The lowest BCUT2D eigenvalue weighted by atomic mass is 10.3. The van der Waals surface area contributed by atoms with Crippen LogP contribution < -0.4 is 11.5 Å². The first-order valence-corrected chi connectivity index (χ1v) is 10.0. The van der Waals surface area contributed by atoms with E-state index in [9.17, 15) is 10.1 Å². The van der Waals surface area contributed by atoms with Crippen molar-refractivity contribution >= 4 is 64.9 Å². The Morgan fingerprint density at radius 2 is 1.03 bits per heavy atom. The number of halogens is 3. The molecule has 11 heteroatoms. The zero-order valence-corrected chi connectivity index (χ0v) is 19.3. The summed E-state index contributed by atoms with van der Waals surface area (Å²) in [5.41, 5.74) is 11.2. The number of aromatic hydroxyl groups is 3. The fourth-order valence-electron chi connectivity index (χ4n) is 1.72. The molecule has 3 aromatic carbocycles. The van der Waals surface area contributed by atoms with Crippen LogP contribution >= 0.6 is 47.8 Å². The maximum Gasteiger partial charge on any atom is 0.311 e. The molecule has 3 rings (SSSR count). The molecule has 8 nitrogen and oxygen atoms in total. The van der Waals surface area contributed by atoms with Gasteiger partial charge in [-0.2, -0.15) is 0 Å². The minimum Gasteiger partial charge on any atom is -0.505 e. The highest BCUT2D eigenvalue weighted by atomic mass is 79.9. The Morgan fingerprint density at radius 3 is 1.31 bits per heavy atom. The number of nitrogen functional groups attached to an aromatic ring is 2. The molecule has 29 heavy (non-hydrogen) atoms. The van der Waals surface area contributed by atoms with Crippen LogP contribution in [0.2, 0.25) is 0 Å². The average molecular weight is 594 g/mol. The van der Waals surface area contributed by atoms with Gasteiger partial charge in [-0.05, 0) is 78.1 Å². The number of hydrogen-bond acceptors (Lipinski definition) is 7. The van der Waals surface area contributed by atoms with E-state index < -0.39 is 4.92 Å². The number of nitro benzene ring substituents is 1. The van der Waals surface area contributed by atoms with Gasteiger partial charge in [-0.1, -0.05) is 18.2 Å². The first-order valence-electron chi connectivity index (χ1n) is 7.64. The molecule has 0 aromatic heterocycles. The number of anilines is 2. The van der Waals surface area contributed by atoms with Crippen LogP contribution in [0.5, 0.6) is 17.2 Å². The maximum atomic E-state index is 10.2. The minimum absolute atomic E-state index is 0.109. The summed E-state index contributed by atoms with van der Waals surface area (Å²) in [6.45, 7) is 0. The van der Waals surface area contributed by atoms with Crippen LogP contribution in [0.1, 0.15) is 0 Å². The summed E-state index contributed by atoms with van der Waals surface area (Å²) in [4.78, 5) is 9.56. The molecule has 0 saturated carbocycles. The van der Waals surface area contributed by atoms with Crippen LogP contribution in [-0.2, 0) is 0 Å². The Labute approximate surface area is 191 Å². The largest absolute Gasteiger partial charge is 0.505 e. The van der Waals surface area contributed by atoms with Gasteiger partial charge in [0.2, 0.25) is 5.75 Å². The van der Waals surface area contributed by atoms with Crippen molar-refractivity contribution < 1.29 is 20.2 Å². The number of nitrogens with zero attached hydrogens (tertiary/aromatic N) is 1. The molecule has 0 amide bonds. The van der Waals surface area contributed by atoms with E-state index in [-0.39, 0.29) is 22.9 Å². The Morgan fingerprint density at radius 1 is 0.690 bits per heavy atom. The number of rotatable bonds is 1. The topological polar surface area (TPSA) is 156 Å². The summed E-state index contributed by atoms with van der Waals surface area (Å²) in [5.74, 6) is -0.118. The van der Waals surface area contributed by atoms with E-state index in [0.29, 0.717) is 24.8 Å². The van der Waals surface area contributed by atoms with Crippen molar-refractivity contribution in [2.75, 3.05) is 11.5 Å². The van der Waals surface area contributed by atoms with Crippen molar-refractivity contribution in [3.05, 3.63) is 78.1 Å². The minimum atomic E-state index is -0.639. The van der Waals surface area contributed by atoms with Gasteiger partial charge in [0.1, 0.15) is 0 Å². The SMILES string of the molecule is Nc1cccc(Br)c1O.Nc1cccc(Br)c1O.O=[N+]([O-])c1cccc(Br)c1O. The zero-order chi connectivity index (χ0) is 22.1. The molecule has 7 N–H and O–H groups in total. The number of phenols is 3. The molecular formula is C18H16Br3N3O5. The summed E-state index contributed by atoms with van der Waals surface area (Å²) in [6.07, 6.45) is 0. The molecule has 0 fully saturated rings. The van der Waals surface area contributed by atoms with Crippen molar-refractivity contribution in [1.29, 1.82) is 0 Å². The number of nitro groups is 1. The lowest BCUT2D eigenvalue weighted by Crippen LogP contribution is -1.87. The van der Waals surface area contributed by atoms with Crippen molar-refractivity contribution in [2.45, 2.75) is 0 Å². The first-order chi connectivity index (χ1) is 13.6. The van der Waals surface area contributed by atoms with E-state index in [1.54, 1.807) is 36.4 Å². The lowest BCUT2D eigenvalue weighted by molar-refractivity contribution is -0.385. The third-order valence-electron chi connectivity index (χ3n) is 3.20. The van der Waals surface area contributed by atoms with Crippen LogP contribution in [0.4, 0.5) is 17.1 Å². The quantitative estimate of drug-likeness (QED) is 0.107. The van der Waals surface area contributed by atoms with E-state index in [2.05, 4.69) is 47.8 Å². The molecule has 0 atom stereocenters. The second-order valence-electron chi connectivity index (χ2n) is 5.22. The van der Waals surface area contributed by atoms with Crippen LogP contribution in [0.3, 0.4) is 0 Å². The molecule has 0 aliphatic carbocycles. The second-order valence-corrected chi connectivity index (χ2v) is 7.78. The van der Waals surface area contributed by atoms with E-state index in [4.69, 9.17) is 26.8 Å². The molecule has 0 saturated heterocycles. The molecule has 0 unspecified atom stereocenters. The van der Waals surface area contributed by atoms with Crippen molar-refractivity contribution in [1.82, 2.24) is 0 Å². The Bertz CT molecular complexity index is 912. The summed E-state index contributed by atoms with van der Waals surface area (Å²) in [6, 6.07) is 14.5. The molecule has 0 aliphatic heterocycles. The van der Waals surface area contributed by atoms with Gasteiger partial charge >= 0.3 is 5.69 Å². The summed E-state index contributed by atoms with van der Waals surface area (Å²) in [5, 5.41) is 37.3. The van der Waals surface area contributed by atoms with E-state index in [1.807, 2.05) is 0 Å². The molecule has 0 bridgehead atoms. The fourth-order valence-corrected chi connectivity index (χ4v) is 2.83. The highest BCUT2D eigenvalue weighted by Crippen LogP contribution is 2.32. The molecule has 0 spiro atoms. The molecule has 154 valence electrons. The number of benzene rings is 3. The molecule has 3 aromatic rings. The van der Waals surface area contributed by atoms with Crippen molar-refractivity contribution in [3.8, 4) is 17.2 Å². The van der Waals surface area contributed by atoms with E-state index in [0.717, 1.165) is 0 Å². The van der Waals surface area contributed by atoms with E-state index >= 15 is 0 Å². The highest BCUT2D eigenvalue weighted by molar-refractivity contribution is 9.11. The maximum absolute atomic E-state index is 10.2. The summed E-state index contributed by atoms with van der Waals surface area (Å²) < 4.78 is 1.58. The highest BCUT2D eigenvalue weighted by Gasteiger charge is 2.13. The van der Waals surface area contributed by atoms with Crippen LogP contribution in [0.15, 0.2) is 68.0 Å². The van der Waals surface area contributed by atoms with Gasteiger partial charge < -0.3 is 26.8 Å². The average Bonchev–Trinajstić information content (AvgIpc) is 2.67. The van der Waals surface area contributed by atoms with Crippen LogP contribution in [0, 0.1) is 10.1 Å². The smallest absolute Gasteiger partial charge is 0.311 e. The Balaban J connectivity index is 0.000000219. The number of phenolic OH excluding ortho intramolecular Hbond substituents is 3. The predicted octanol–water partition coefficient (Wildman–Crippen LogP) is 5.54. The molecule has 0 heterocycles. The van der Waals surface area contributed by atoms with Crippen molar-refractivity contribution in [2.24, 2.45) is 0 Å². The molecule has 0 aliphatic rings. The number of para-hydroxylation sites is 3. The standard InChI is InChI=1S/C6H4BrNO3.2C6H6BrNO/c7-4-2-1-3-5(6(4)9)8(10)11;2*7-4-2-1-3-5(8)6(4)9/h1-3,9H;2*1-3,9H,8H2. The van der Waals surface area contributed by atoms with Crippen LogP contribution in [0.25, 0.3) is 0 Å². The van der Waals surface area contributed by atoms with Gasteiger partial charge in [-0.3, -0.25) is 10.1 Å². The van der Waals surface area contributed by atoms with Gasteiger partial charge in [0.05, 0.1) is 29.7 Å². The third kappa shape index (κ3) is 7.44. The number of nitrogens with two attached hydrogens (primary N) is 2. The normalized spacial score (nSPS) is 9.48. The monoisotopic (exact) mass is 591 g/mol. The third-order valence-corrected chi connectivity index (χ3v) is 5.12. The Hall–Kier alpha value is -2.50. The summed E-state index contributed by atoms with van der Waals surface area (Å²) >= 11 is 9.19. The fraction of sp³-hybridized carbons (Fsp3) is 0. The number of hydrogen-bond donors (Lipinski definition) is 5. The molecule has 0 radical (unpaired) electrons. The van der Waals surface area contributed by atoms with Gasteiger partial charge in [0.15, 0.2) is 11.5 Å². The van der Waals surface area contributed by atoms with Gasteiger partial charge in [0, 0.05) is 6.07 Å². The predicted molar refractivity (Wildman–Crippen MR) is 123 cm³/mol. The van der Waals surface area contributed by atoms with Crippen molar-refractivity contribution in [3.63, 3.8) is 0 Å². The molecular weight excluding hydrogens is 578 g/mol. The summed E-state index contributed by atoms with van der Waals surface area (Å²) in [7, 11) is 0. The zero-order valence-electron chi connectivity index (χ0n) is 14.6. The van der Waals surface area contributed by atoms with Crippen LogP contribution in [-0.4, -0.2) is 20.2 Å². The van der Waals surface area contributed by atoms with Gasteiger partial charge in [0.25, 0.3) is 0 Å². The van der Waals surface area contributed by atoms with Gasteiger partial charge in [-0.25, -0.2) is 0 Å². The van der Waals surface area contributed by atoms with E-state index in [1.165, 1.54) is 18.2 Å². The first kappa shape index (κ1) is 24.5.